The van der Waals surface area contributed by atoms with Crippen LogP contribution in [0, 0.1) is 0 Å². The summed E-state index contributed by atoms with van der Waals surface area (Å²) in [6.07, 6.45) is 1.65. The highest BCUT2D eigenvalue weighted by molar-refractivity contribution is 5.77. The van der Waals surface area contributed by atoms with Gasteiger partial charge in [0.1, 0.15) is 6.04 Å². The summed E-state index contributed by atoms with van der Waals surface area (Å²) in [4.78, 5) is 41.0. The predicted molar refractivity (Wildman–Crippen MR) is 64.6 cm³/mol. The van der Waals surface area contributed by atoms with Gasteiger partial charge in [-0.25, -0.2) is 19.4 Å². The first-order valence-electron chi connectivity index (χ1n) is 6.06. The molecule has 0 aromatic heterocycles. The van der Waals surface area contributed by atoms with Gasteiger partial charge in [0.25, 0.3) is 0 Å². The van der Waals surface area contributed by atoms with E-state index in [-0.39, 0.29) is 19.3 Å². The summed E-state index contributed by atoms with van der Waals surface area (Å²) in [7, 11) is 0. The summed E-state index contributed by atoms with van der Waals surface area (Å²) in [6.45, 7) is 0.514. The number of rotatable bonds is 9. The molecular weight excluding hydrogens is 256 g/mol. The second-order valence-corrected chi connectivity index (χ2v) is 4.00. The fourth-order valence-electron chi connectivity index (χ4n) is 1.20. The number of carbonyl (C=O) groups is 3. The Balaban J connectivity index is 3.70. The zero-order valence-corrected chi connectivity index (χ0v) is 10.7. The molecule has 1 unspecified atom stereocenters. The lowest BCUT2D eigenvalue weighted by Gasteiger charge is -2.09. The molecule has 0 amide bonds. The van der Waals surface area contributed by atoms with Crippen LogP contribution >= 0.6 is 0 Å². The van der Waals surface area contributed by atoms with E-state index < -0.39 is 23.9 Å². The smallest absolute Gasteiger partial charge is 0.372 e. The monoisotopic (exact) mass is 276 g/mol. The molecular formula is C11H20N2O6. The third-order valence-electron chi connectivity index (χ3n) is 2.26. The average Bonchev–Trinajstić information content (AvgIpc) is 2.35. The average molecular weight is 276 g/mol. The second-order valence-electron chi connectivity index (χ2n) is 4.00. The molecule has 0 saturated carbocycles. The van der Waals surface area contributed by atoms with Crippen LogP contribution < -0.4 is 11.5 Å². The Morgan fingerprint density at radius 1 is 1.05 bits per heavy atom. The molecule has 0 aliphatic rings. The lowest BCUT2D eigenvalue weighted by Crippen LogP contribution is -2.33. The Kier molecular flexibility index (Phi) is 9.37. The van der Waals surface area contributed by atoms with Crippen molar-refractivity contribution in [2.24, 2.45) is 11.5 Å². The lowest BCUT2D eigenvalue weighted by atomic mass is 10.1. The minimum Gasteiger partial charge on any atom is -0.481 e. The Morgan fingerprint density at radius 2 is 1.74 bits per heavy atom. The molecule has 0 heterocycles. The van der Waals surface area contributed by atoms with E-state index in [0.717, 1.165) is 6.42 Å². The van der Waals surface area contributed by atoms with Crippen molar-refractivity contribution in [2.45, 2.75) is 44.6 Å². The van der Waals surface area contributed by atoms with Gasteiger partial charge in [0.15, 0.2) is 0 Å². The van der Waals surface area contributed by atoms with E-state index in [4.69, 9.17) is 16.6 Å². The number of carbonyl (C=O) groups excluding carboxylic acids is 2. The van der Waals surface area contributed by atoms with Gasteiger partial charge in [0.05, 0.1) is 6.42 Å². The molecule has 0 aliphatic heterocycles. The van der Waals surface area contributed by atoms with Crippen LogP contribution in [-0.2, 0) is 24.2 Å². The second kappa shape index (κ2) is 10.3. The standard InChI is InChI=1S/C11H20N2O6/c12-7-2-1-4-8(13)11(17)19-18-10(16)6-3-5-9(14)15/h8H,1-7,12-13H2,(H,14,15). The molecule has 0 spiro atoms. The zero-order chi connectivity index (χ0) is 14.7. The van der Waals surface area contributed by atoms with Crippen LogP contribution in [0.2, 0.25) is 0 Å². The first-order valence-corrected chi connectivity index (χ1v) is 6.06. The highest BCUT2D eigenvalue weighted by atomic mass is 17.2. The third-order valence-corrected chi connectivity index (χ3v) is 2.26. The van der Waals surface area contributed by atoms with Crippen molar-refractivity contribution in [1.29, 1.82) is 0 Å². The van der Waals surface area contributed by atoms with Gasteiger partial charge in [-0.1, -0.05) is 6.42 Å². The van der Waals surface area contributed by atoms with Crippen molar-refractivity contribution in [3.8, 4) is 0 Å². The number of carboxylic acid groups (broad SMARTS) is 1. The van der Waals surface area contributed by atoms with Gasteiger partial charge in [-0.05, 0) is 25.8 Å². The maximum atomic E-state index is 11.3. The molecule has 0 radical (unpaired) electrons. The van der Waals surface area contributed by atoms with E-state index >= 15 is 0 Å². The van der Waals surface area contributed by atoms with E-state index in [1.54, 1.807) is 0 Å². The maximum absolute atomic E-state index is 11.3. The molecule has 0 saturated heterocycles. The van der Waals surface area contributed by atoms with Gasteiger partial charge in [0, 0.05) is 6.42 Å². The zero-order valence-electron chi connectivity index (χ0n) is 10.7. The SMILES string of the molecule is NCCCCC(N)C(=O)OOC(=O)CCCC(=O)O. The molecule has 0 fully saturated rings. The quantitative estimate of drug-likeness (QED) is 0.296. The summed E-state index contributed by atoms with van der Waals surface area (Å²) in [5, 5.41) is 8.36. The fourth-order valence-corrected chi connectivity index (χ4v) is 1.20. The largest absolute Gasteiger partial charge is 0.481 e. The number of unbranched alkanes of at least 4 members (excludes halogenated alkanes) is 1. The highest BCUT2D eigenvalue weighted by Gasteiger charge is 2.18. The first kappa shape index (κ1) is 17.3. The van der Waals surface area contributed by atoms with Crippen LogP contribution in [-0.4, -0.2) is 35.6 Å². The van der Waals surface area contributed by atoms with E-state index in [2.05, 4.69) is 9.78 Å². The molecule has 8 heteroatoms. The van der Waals surface area contributed by atoms with Gasteiger partial charge in [0.2, 0.25) is 0 Å². The number of hydrogen-bond donors (Lipinski definition) is 3. The van der Waals surface area contributed by atoms with E-state index in [1.807, 2.05) is 0 Å². The van der Waals surface area contributed by atoms with E-state index in [0.29, 0.717) is 19.4 Å². The minimum atomic E-state index is -1.01. The normalized spacial score (nSPS) is 11.7. The molecule has 8 nitrogen and oxygen atoms in total. The molecule has 0 rings (SSSR count). The summed E-state index contributed by atoms with van der Waals surface area (Å²) in [5.74, 6) is -2.64. The highest BCUT2D eigenvalue weighted by Crippen LogP contribution is 2.02. The number of aliphatic carboxylic acids is 1. The van der Waals surface area contributed by atoms with E-state index in [9.17, 15) is 14.4 Å². The topological polar surface area (TPSA) is 142 Å². The van der Waals surface area contributed by atoms with E-state index in [1.165, 1.54) is 0 Å². The Bertz CT molecular complexity index is 308. The van der Waals surface area contributed by atoms with Crippen molar-refractivity contribution in [2.75, 3.05) is 6.54 Å². The molecule has 1 atom stereocenters. The van der Waals surface area contributed by atoms with Crippen LogP contribution in [0.15, 0.2) is 0 Å². The van der Waals surface area contributed by atoms with Gasteiger partial charge in [-0.15, -0.1) is 0 Å². The Labute approximate surface area is 111 Å². The van der Waals surface area contributed by atoms with Gasteiger partial charge in [-0.2, -0.15) is 0 Å². The summed E-state index contributed by atoms with van der Waals surface area (Å²) in [6, 6.07) is -0.863. The molecule has 0 aromatic rings. The Hall–Kier alpha value is -1.67. The maximum Gasteiger partial charge on any atom is 0.372 e. The molecule has 0 aliphatic carbocycles. The Morgan fingerprint density at radius 3 is 2.32 bits per heavy atom. The third kappa shape index (κ3) is 9.98. The van der Waals surface area contributed by atoms with Crippen LogP contribution in [0.5, 0.6) is 0 Å². The first-order chi connectivity index (χ1) is 8.97. The molecule has 5 N–H and O–H groups in total. The summed E-state index contributed by atoms with van der Waals surface area (Å²) in [5.41, 5.74) is 10.8. The molecule has 19 heavy (non-hydrogen) atoms. The number of nitrogens with two attached hydrogens (primary N) is 2. The van der Waals surface area contributed by atoms with Crippen LogP contribution in [0.4, 0.5) is 0 Å². The van der Waals surface area contributed by atoms with Crippen molar-refractivity contribution in [3.05, 3.63) is 0 Å². The van der Waals surface area contributed by atoms with Crippen LogP contribution in [0.3, 0.4) is 0 Å². The minimum absolute atomic E-state index is 0.119. The number of carboxylic acids is 1. The van der Waals surface area contributed by atoms with Crippen LogP contribution in [0.1, 0.15) is 38.5 Å². The molecule has 0 aromatic carbocycles. The summed E-state index contributed by atoms with van der Waals surface area (Å²) >= 11 is 0. The predicted octanol–water partition coefficient (Wildman–Crippen LogP) is -0.301. The summed E-state index contributed by atoms with van der Waals surface area (Å²) < 4.78 is 0. The van der Waals surface area contributed by atoms with Crippen molar-refractivity contribution in [3.63, 3.8) is 0 Å². The fraction of sp³-hybridized carbons (Fsp3) is 0.727. The molecule has 110 valence electrons. The molecule has 0 bridgehead atoms. The van der Waals surface area contributed by atoms with Crippen molar-refractivity contribution in [1.82, 2.24) is 0 Å². The van der Waals surface area contributed by atoms with Gasteiger partial charge < -0.3 is 16.6 Å². The number of hydrogen-bond acceptors (Lipinski definition) is 7. The van der Waals surface area contributed by atoms with Gasteiger partial charge in [-0.3, -0.25) is 4.79 Å². The van der Waals surface area contributed by atoms with Crippen molar-refractivity contribution >= 4 is 17.9 Å². The van der Waals surface area contributed by atoms with Gasteiger partial charge >= 0.3 is 17.9 Å². The van der Waals surface area contributed by atoms with Crippen LogP contribution in [0.25, 0.3) is 0 Å². The lowest BCUT2D eigenvalue weighted by molar-refractivity contribution is -0.260. The van der Waals surface area contributed by atoms with Crippen molar-refractivity contribution < 1.29 is 29.3 Å².